The molecule has 4 N–H and O–H groups in total. The first-order chi connectivity index (χ1) is 7.15. The van der Waals surface area contributed by atoms with Crippen molar-refractivity contribution in [1.82, 2.24) is 0 Å². The highest BCUT2D eigenvalue weighted by Gasteiger charge is 2.08. The molecule has 5 nitrogen and oxygen atoms in total. The molecule has 0 aliphatic carbocycles. The summed E-state index contributed by atoms with van der Waals surface area (Å²) in [5, 5.41) is 10.4. The summed E-state index contributed by atoms with van der Waals surface area (Å²) < 4.78 is 0. The van der Waals surface area contributed by atoms with Gasteiger partial charge in [0, 0.05) is 18.2 Å². The molecule has 0 saturated heterocycles. The lowest BCUT2D eigenvalue weighted by molar-refractivity contribution is -0.384. The SMILES string of the molecule is NCCCC(N)c1ccc([N+](=O)[O-])cc1. The lowest BCUT2D eigenvalue weighted by atomic mass is 10.0. The molecule has 0 aromatic heterocycles. The fourth-order valence-electron chi connectivity index (χ4n) is 1.35. The number of benzene rings is 1. The molecule has 0 saturated carbocycles. The van der Waals surface area contributed by atoms with Crippen LogP contribution in [0.4, 0.5) is 5.69 Å². The molecule has 0 spiro atoms. The molecule has 1 rings (SSSR count). The monoisotopic (exact) mass is 209 g/mol. The van der Waals surface area contributed by atoms with E-state index in [2.05, 4.69) is 0 Å². The summed E-state index contributed by atoms with van der Waals surface area (Å²) in [5.74, 6) is 0. The van der Waals surface area contributed by atoms with Gasteiger partial charge in [-0.3, -0.25) is 10.1 Å². The Kier molecular flexibility index (Phi) is 4.20. The van der Waals surface area contributed by atoms with Crippen LogP contribution in [0.1, 0.15) is 24.4 Å². The third-order valence-corrected chi connectivity index (χ3v) is 2.25. The van der Waals surface area contributed by atoms with E-state index < -0.39 is 4.92 Å². The van der Waals surface area contributed by atoms with Crippen LogP contribution < -0.4 is 11.5 Å². The Bertz CT molecular complexity index is 324. The zero-order valence-electron chi connectivity index (χ0n) is 8.43. The van der Waals surface area contributed by atoms with Crippen LogP contribution in [0, 0.1) is 10.1 Å². The van der Waals surface area contributed by atoms with Crippen LogP contribution >= 0.6 is 0 Å². The number of nitro benzene ring substituents is 1. The summed E-state index contributed by atoms with van der Waals surface area (Å²) >= 11 is 0. The Morgan fingerprint density at radius 1 is 1.33 bits per heavy atom. The van der Waals surface area contributed by atoms with Gasteiger partial charge in [-0.2, -0.15) is 0 Å². The van der Waals surface area contributed by atoms with Gasteiger partial charge in [-0.05, 0) is 24.9 Å². The number of non-ortho nitro benzene ring substituents is 1. The number of hydrogen-bond acceptors (Lipinski definition) is 4. The molecule has 0 fully saturated rings. The van der Waals surface area contributed by atoms with Crippen LogP contribution in [0.15, 0.2) is 24.3 Å². The van der Waals surface area contributed by atoms with Gasteiger partial charge < -0.3 is 11.5 Å². The van der Waals surface area contributed by atoms with Crippen molar-refractivity contribution < 1.29 is 4.92 Å². The standard InChI is InChI=1S/C10H15N3O2/c11-7-1-2-10(12)8-3-5-9(6-4-8)13(14)15/h3-6,10H,1-2,7,11-12H2. The molecule has 1 aromatic rings. The molecule has 15 heavy (non-hydrogen) atoms. The van der Waals surface area contributed by atoms with Crippen LogP contribution in [-0.2, 0) is 0 Å². The summed E-state index contributed by atoms with van der Waals surface area (Å²) in [6.45, 7) is 0.612. The van der Waals surface area contributed by atoms with E-state index in [0.29, 0.717) is 6.54 Å². The predicted octanol–water partition coefficient (Wildman–Crippen LogP) is 1.33. The number of hydrogen-bond donors (Lipinski definition) is 2. The smallest absolute Gasteiger partial charge is 0.269 e. The first kappa shape index (κ1) is 11.6. The second-order valence-electron chi connectivity index (χ2n) is 3.39. The number of nitrogens with zero attached hydrogens (tertiary/aromatic N) is 1. The summed E-state index contributed by atoms with van der Waals surface area (Å²) in [4.78, 5) is 9.99. The largest absolute Gasteiger partial charge is 0.330 e. The van der Waals surface area contributed by atoms with E-state index >= 15 is 0 Å². The average molecular weight is 209 g/mol. The van der Waals surface area contributed by atoms with Crippen molar-refractivity contribution in [2.75, 3.05) is 6.54 Å². The molecular weight excluding hydrogens is 194 g/mol. The third kappa shape index (κ3) is 3.30. The number of nitro groups is 1. The fraction of sp³-hybridized carbons (Fsp3) is 0.400. The first-order valence-corrected chi connectivity index (χ1v) is 4.85. The Morgan fingerprint density at radius 3 is 2.40 bits per heavy atom. The van der Waals surface area contributed by atoms with Gasteiger partial charge in [0.1, 0.15) is 0 Å². The zero-order valence-corrected chi connectivity index (χ0v) is 8.43. The van der Waals surface area contributed by atoms with E-state index in [-0.39, 0.29) is 11.7 Å². The molecule has 0 aliphatic rings. The lowest BCUT2D eigenvalue weighted by Crippen LogP contribution is -2.12. The van der Waals surface area contributed by atoms with Crippen LogP contribution in [0.5, 0.6) is 0 Å². The Hall–Kier alpha value is -1.46. The second-order valence-corrected chi connectivity index (χ2v) is 3.39. The van der Waals surface area contributed by atoms with E-state index in [1.54, 1.807) is 12.1 Å². The molecule has 0 bridgehead atoms. The van der Waals surface area contributed by atoms with Crippen LogP contribution in [0.3, 0.4) is 0 Å². The van der Waals surface area contributed by atoms with Crippen molar-refractivity contribution in [3.63, 3.8) is 0 Å². The summed E-state index contributed by atoms with van der Waals surface area (Å²) in [5.41, 5.74) is 12.3. The highest BCUT2D eigenvalue weighted by molar-refractivity contribution is 5.34. The number of nitrogens with two attached hydrogens (primary N) is 2. The molecule has 1 aromatic carbocycles. The zero-order chi connectivity index (χ0) is 11.3. The predicted molar refractivity (Wildman–Crippen MR) is 58.3 cm³/mol. The van der Waals surface area contributed by atoms with Gasteiger partial charge in [0.2, 0.25) is 0 Å². The lowest BCUT2D eigenvalue weighted by Gasteiger charge is -2.10. The van der Waals surface area contributed by atoms with Crippen molar-refractivity contribution in [3.05, 3.63) is 39.9 Å². The minimum absolute atomic E-state index is 0.0878. The topological polar surface area (TPSA) is 95.2 Å². The normalized spacial score (nSPS) is 12.4. The van der Waals surface area contributed by atoms with E-state index in [4.69, 9.17) is 11.5 Å². The maximum Gasteiger partial charge on any atom is 0.269 e. The van der Waals surface area contributed by atoms with E-state index in [0.717, 1.165) is 18.4 Å². The molecule has 0 radical (unpaired) electrons. The molecule has 0 heterocycles. The average Bonchev–Trinajstić information content (AvgIpc) is 2.26. The molecule has 82 valence electrons. The van der Waals surface area contributed by atoms with E-state index in [9.17, 15) is 10.1 Å². The van der Waals surface area contributed by atoms with Crippen molar-refractivity contribution in [1.29, 1.82) is 0 Å². The van der Waals surface area contributed by atoms with Gasteiger partial charge in [-0.15, -0.1) is 0 Å². The maximum atomic E-state index is 10.4. The minimum Gasteiger partial charge on any atom is -0.330 e. The molecule has 0 amide bonds. The molecule has 1 atom stereocenters. The summed E-state index contributed by atoms with van der Waals surface area (Å²) in [7, 11) is 0. The highest BCUT2D eigenvalue weighted by Crippen LogP contribution is 2.18. The van der Waals surface area contributed by atoms with Gasteiger partial charge in [-0.25, -0.2) is 0 Å². The second kappa shape index (κ2) is 5.43. The van der Waals surface area contributed by atoms with Crippen LogP contribution in [0.25, 0.3) is 0 Å². The molecular formula is C10H15N3O2. The van der Waals surface area contributed by atoms with E-state index in [1.807, 2.05) is 0 Å². The third-order valence-electron chi connectivity index (χ3n) is 2.25. The maximum absolute atomic E-state index is 10.4. The summed E-state index contributed by atoms with van der Waals surface area (Å²) in [6.07, 6.45) is 1.66. The Morgan fingerprint density at radius 2 is 1.93 bits per heavy atom. The van der Waals surface area contributed by atoms with Crippen molar-refractivity contribution >= 4 is 5.69 Å². The fourth-order valence-corrected chi connectivity index (χ4v) is 1.35. The van der Waals surface area contributed by atoms with E-state index in [1.165, 1.54) is 12.1 Å². The van der Waals surface area contributed by atoms with Gasteiger partial charge in [-0.1, -0.05) is 12.1 Å². The first-order valence-electron chi connectivity index (χ1n) is 4.85. The van der Waals surface area contributed by atoms with Crippen LogP contribution in [-0.4, -0.2) is 11.5 Å². The quantitative estimate of drug-likeness (QED) is 0.565. The van der Waals surface area contributed by atoms with Gasteiger partial charge in [0.05, 0.1) is 4.92 Å². The highest BCUT2D eigenvalue weighted by atomic mass is 16.6. The van der Waals surface area contributed by atoms with Gasteiger partial charge in [0.25, 0.3) is 5.69 Å². The van der Waals surface area contributed by atoms with Gasteiger partial charge >= 0.3 is 0 Å². The number of rotatable bonds is 5. The Balaban J connectivity index is 2.66. The molecule has 5 heteroatoms. The van der Waals surface area contributed by atoms with Crippen LogP contribution in [0.2, 0.25) is 0 Å². The molecule has 1 unspecified atom stereocenters. The van der Waals surface area contributed by atoms with Crippen molar-refractivity contribution in [2.24, 2.45) is 11.5 Å². The Labute approximate surface area is 88.2 Å². The molecule has 0 aliphatic heterocycles. The minimum atomic E-state index is -0.421. The van der Waals surface area contributed by atoms with Gasteiger partial charge in [0.15, 0.2) is 0 Å². The summed E-state index contributed by atoms with van der Waals surface area (Å²) in [6, 6.07) is 6.24. The van der Waals surface area contributed by atoms with Crippen molar-refractivity contribution in [2.45, 2.75) is 18.9 Å². The van der Waals surface area contributed by atoms with Crippen molar-refractivity contribution in [3.8, 4) is 0 Å².